The van der Waals surface area contributed by atoms with Crippen LogP contribution in [0.2, 0.25) is 0 Å². The van der Waals surface area contributed by atoms with Gasteiger partial charge >= 0.3 is 11.0 Å². The topological polar surface area (TPSA) is 130 Å². The van der Waals surface area contributed by atoms with Crippen molar-refractivity contribution < 1.29 is 23.6 Å². The number of carbonyl (C=O) groups is 1. The van der Waals surface area contributed by atoms with Gasteiger partial charge in [0.15, 0.2) is 11.5 Å². The number of hydrogen-bond donors (Lipinski definition) is 1. The molecule has 3 heterocycles. The van der Waals surface area contributed by atoms with E-state index in [1.54, 1.807) is 24.3 Å². The van der Waals surface area contributed by atoms with Crippen molar-refractivity contribution in [3.05, 3.63) is 51.4 Å². The monoisotopic (exact) mass is 400 g/mol. The van der Waals surface area contributed by atoms with Crippen LogP contribution in [0.25, 0.3) is 17.5 Å². The van der Waals surface area contributed by atoms with Crippen molar-refractivity contribution in [2.75, 3.05) is 18.5 Å². The molecule has 0 atom stereocenters. The Morgan fingerprint density at radius 2 is 2.00 bits per heavy atom. The summed E-state index contributed by atoms with van der Waals surface area (Å²) in [6.07, 6.45) is 2.69. The summed E-state index contributed by atoms with van der Waals surface area (Å²) in [5.74, 6) is 0.932. The molecule has 11 heteroatoms. The maximum absolute atomic E-state index is 12.0. The molecule has 1 N–H and O–H groups in total. The zero-order valence-electron chi connectivity index (χ0n) is 14.2. The first kappa shape index (κ1) is 17.7. The van der Waals surface area contributed by atoms with Crippen LogP contribution in [0, 0.1) is 10.1 Å². The Kier molecular flexibility index (Phi) is 4.72. The molecular formula is C17H12N4O6S. The largest absolute Gasteiger partial charge is 0.486 e. The minimum Gasteiger partial charge on any atom is -0.486 e. The molecule has 1 aliphatic rings. The molecule has 0 radical (unpaired) electrons. The highest BCUT2D eigenvalue weighted by molar-refractivity contribution is 7.16. The van der Waals surface area contributed by atoms with Gasteiger partial charge in [-0.3, -0.25) is 20.2 Å². The highest BCUT2D eigenvalue weighted by atomic mass is 32.1. The van der Waals surface area contributed by atoms with E-state index >= 15 is 0 Å². The van der Waals surface area contributed by atoms with Crippen LogP contribution in [0.4, 0.5) is 11.0 Å². The number of thiophene rings is 1. The van der Waals surface area contributed by atoms with E-state index in [-0.39, 0.29) is 16.9 Å². The molecular weight excluding hydrogens is 388 g/mol. The van der Waals surface area contributed by atoms with Crippen molar-refractivity contribution >= 4 is 34.3 Å². The van der Waals surface area contributed by atoms with E-state index in [2.05, 4.69) is 15.5 Å². The number of fused-ring (bicyclic) bond motifs is 1. The number of benzene rings is 1. The Morgan fingerprint density at radius 1 is 1.18 bits per heavy atom. The number of anilines is 1. The second kappa shape index (κ2) is 7.48. The summed E-state index contributed by atoms with van der Waals surface area (Å²) in [7, 11) is 0. The second-order valence-corrected chi connectivity index (χ2v) is 6.62. The first-order valence-corrected chi connectivity index (χ1v) is 8.87. The number of ether oxygens (including phenoxy) is 2. The number of rotatable bonds is 5. The van der Waals surface area contributed by atoms with Crippen LogP contribution >= 0.6 is 11.3 Å². The lowest BCUT2D eigenvalue weighted by Gasteiger charge is -2.18. The van der Waals surface area contributed by atoms with Crippen molar-refractivity contribution in [2.24, 2.45) is 0 Å². The summed E-state index contributed by atoms with van der Waals surface area (Å²) < 4.78 is 16.4. The predicted molar refractivity (Wildman–Crippen MR) is 99.4 cm³/mol. The molecule has 2 aromatic heterocycles. The number of nitrogens with one attached hydrogen (secondary N) is 1. The molecule has 3 aromatic rings. The van der Waals surface area contributed by atoms with Crippen LogP contribution in [0.5, 0.6) is 11.5 Å². The zero-order chi connectivity index (χ0) is 19.5. The van der Waals surface area contributed by atoms with E-state index in [9.17, 15) is 14.9 Å². The Bertz CT molecular complexity index is 1070. The van der Waals surface area contributed by atoms with Gasteiger partial charge in [0.1, 0.15) is 13.2 Å². The van der Waals surface area contributed by atoms with Crippen LogP contribution in [0.3, 0.4) is 0 Å². The molecule has 0 unspecified atom stereocenters. The Labute approximate surface area is 161 Å². The lowest BCUT2D eigenvalue weighted by atomic mass is 10.2. The SMILES string of the molecule is O=C(/C=C/c1ccc([N+](=O)[O-])s1)Nc1nnc(-c2ccc3c(c2)OCCO3)o1. The average molecular weight is 400 g/mol. The Morgan fingerprint density at radius 3 is 2.79 bits per heavy atom. The first-order chi connectivity index (χ1) is 13.6. The van der Waals surface area contributed by atoms with Crippen molar-refractivity contribution in [3.63, 3.8) is 0 Å². The number of aromatic nitrogens is 2. The number of nitro groups is 1. The highest BCUT2D eigenvalue weighted by Gasteiger charge is 2.16. The van der Waals surface area contributed by atoms with Gasteiger partial charge in [0.05, 0.1) is 4.92 Å². The molecule has 4 rings (SSSR count). The van der Waals surface area contributed by atoms with Gasteiger partial charge in [0, 0.05) is 22.6 Å². The maximum Gasteiger partial charge on any atom is 0.324 e. The normalized spacial score (nSPS) is 12.9. The number of carbonyl (C=O) groups excluding carboxylic acids is 1. The summed E-state index contributed by atoms with van der Waals surface area (Å²) in [4.78, 5) is 22.7. The maximum atomic E-state index is 12.0. The van der Waals surface area contributed by atoms with Gasteiger partial charge in [0.25, 0.3) is 5.91 Å². The van der Waals surface area contributed by atoms with E-state index < -0.39 is 10.8 Å². The Hall–Kier alpha value is -3.73. The molecule has 0 saturated carbocycles. The summed E-state index contributed by atoms with van der Waals surface area (Å²) in [6.45, 7) is 0.955. The molecule has 0 bridgehead atoms. The molecule has 0 aliphatic carbocycles. The molecule has 1 aromatic carbocycles. The second-order valence-electron chi connectivity index (χ2n) is 5.53. The predicted octanol–water partition coefficient (Wildman–Crippen LogP) is 3.13. The van der Waals surface area contributed by atoms with E-state index in [1.165, 1.54) is 18.2 Å². The van der Waals surface area contributed by atoms with Crippen LogP contribution in [0.1, 0.15) is 4.88 Å². The molecule has 0 saturated heterocycles. The lowest BCUT2D eigenvalue weighted by molar-refractivity contribution is -0.380. The minimum atomic E-state index is -0.506. The van der Waals surface area contributed by atoms with Crippen LogP contribution < -0.4 is 14.8 Å². The summed E-state index contributed by atoms with van der Waals surface area (Å²) >= 11 is 0.962. The van der Waals surface area contributed by atoms with Gasteiger partial charge in [-0.15, -0.1) is 5.10 Å². The smallest absolute Gasteiger partial charge is 0.324 e. The van der Waals surface area contributed by atoms with Crippen LogP contribution in [0.15, 0.2) is 40.8 Å². The molecule has 1 aliphatic heterocycles. The number of nitrogens with zero attached hydrogens (tertiary/aromatic N) is 3. The van der Waals surface area contributed by atoms with Gasteiger partial charge in [-0.1, -0.05) is 16.4 Å². The van der Waals surface area contributed by atoms with E-state index in [4.69, 9.17) is 13.9 Å². The van der Waals surface area contributed by atoms with Gasteiger partial charge in [0.2, 0.25) is 5.89 Å². The third-order valence-electron chi connectivity index (χ3n) is 3.64. The summed E-state index contributed by atoms with van der Waals surface area (Å²) in [5.41, 5.74) is 0.624. The van der Waals surface area contributed by atoms with E-state index in [0.29, 0.717) is 35.2 Å². The van der Waals surface area contributed by atoms with Crippen molar-refractivity contribution in [2.45, 2.75) is 0 Å². The van der Waals surface area contributed by atoms with E-state index in [1.807, 2.05) is 0 Å². The third kappa shape index (κ3) is 3.83. The molecule has 142 valence electrons. The first-order valence-electron chi connectivity index (χ1n) is 8.05. The van der Waals surface area contributed by atoms with Gasteiger partial charge in [-0.2, -0.15) is 0 Å². The molecule has 1 amide bonds. The van der Waals surface area contributed by atoms with Crippen LogP contribution in [-0.2, 0) is 4.79 Å². The fourth-order valence-electron chi connectivity index (χ4n) is 2.40. The summed E-state index contributed by atoms with van der Waals surface area (Å²) in [5, 5.41) is 20.8. The van der Waals surface area contributed by atoms with Gasteiger partial charge in [-0.05, 0) is 30.3 Å². The molecule has 0 spiro atoms. The fraction of sp³-hybridized carbons (Fsp3) is 0.118. The van der Waals surface area contributed by atoms with E-state index in [0.717, 1.165) is 11.3 Å². The minimum absolute atomic E-state index is 0.000954. The zero-order valence-corrected chi connectivity index (χ0v) is 15.0. The van der Waals surface area contributed by atoms with Crippen molar-refractivity contribution in [1.29, 1.82) is 0 Å². The third-order valence-corrected chi connectivity index (χ3v) is 4.64. The van der Waals surface area contributed by atoms with Gasteiger partial charge < -0.3 is 13.9 Å². The van der Waals surface area contributed by atoms with Crippen molar-refractivity contribution in [3.8, 4) is 23.0 Å². The number of amides is 1. The Balaban J connectivity index is 1.42. The summed E-state index contributed by atoms with van der Waals surface area (Å²) in [6, 6.07) is 8.07. The molecule has 10 nitrogen and oxygen atoms in total. The van der Waals surface area contributed by atoms with Crippen molar-refractivity contribution in [1.82, 2.24) is 10.2 Å². The highest BCUT2D eigenvalue weighted by Crippen LogP contribution is 2.34. The quantitative estimate of drug-likeness (QED) is 0.393. The van der Waals surface area contributed by atoms with Gasteiger partial charge in [-0.25, -0.2) is 0 Å². The lowest BCUT2D eigenvalue weighted by Crippen LogP contribution is -2.15. The molecule has 28 heavy (non-hydrogen) atoms. The average Bonchev–Trinajstić information content (AvgIpc) is 3.36. The number of hydrogen-bond acceptors (Lipinski definition) is 9. The fourth-order valence-corrected chi connectivity index (χ4v) is 3.13. The molecule has 0 fully saturated rings. The standard InChI is InChI=1S/C17H12N4O6S/c22-14(5-2-11-3-6-15(28-11)21(23)24)18-17-20-19-16(27-17)10-1-4-12-13(9-10)26-8-7-25-12/h1-6,9H,7-8H2,(H,18,20,22)/b5-2+. The van der Waals surface area contributed by atoms with Crippen LogP contribution in [-0.4, -0.2) is 34.2 Å².